The second kappa shape index (κ2) is 5.50. The summed E-state index contributed by atoms with van der Waals surface area (Å²) in [5.41, 5.74) is 3.02. The molecule has 5 heteroatoms. The summed E-state index contributed by atoms with van der Waals surface area (Å²) in [5.74, 6) is -0.142. The van der Waals surface area contributed by atoms with Crippen LogP contribution in [0.15, 0.2) is 59.8 Å². The molecule has 3 aromatic rings. The Morgan fingerprint density at radius 3 is 2.64 bits per heavy atom. The number of hydrogen-bond acceptors (Lipinski definition) is 4. The van der Waals surface area contributed by atoms with Gasteiger partial charge in [0.25, 0.3) is 0 Å². The van der Waals surface area contributed by atoms with E-state index in [1.807, 2.05) is 54.6 Å². The zero-order chi connectivity index (χ0) is 14.9. The van der Waals surface area contributed by atoms with E-state index >= 15 is 0 Å². The summed E-state index contributed by atoms with van der Waals surface area (Å²) < 4.78 is 7.16. The Labute approximate surface area is 132 Å². The van der Waals surface area contributed by atoms with E-state index in [9.17, 15) is 4.79 Å². The molecule has 0 radical (unpaired) electrons. The predicted molar refractivity (Wildman–Crippen MR) is 86.3 cm³/mol. The summed E-state index contributed by atoms with van der Waals surface area (Å²) in [6, 6.07) is 18.1. The molecule has 1 aliphatic heterocycles. The molecule has 1 atom stereocenters. The Morgan fingerprint density at radius 1 is 1.09 bits per heavy atom. The van der Waals surface area contributed by atoms with Gasteiger partial charge in [0.2, 0.25) is 0 Å². The number of benzene rings is 2. The first-order valence-electron chi connectivity index (χ1n) is 7.19. The summed E-state index contributed by atoms with van der Waals surface area (Å²) in [6.45, 7) is 0.502. The zero-order valence-electron chi connectivity index (χ0n) is 11.8. The fraction of sp³-hybridized carbons (Fsp3) is 0.176. The number of aromatic nitrogens is 2. The Morgan fingerprint density at radius 2 is 1.86 bits per heavy atom. The van der Waals surface area contributed by atoms with Crippen LogP contribution in [-0.4, -0.2) is 27.4 Å². The fourth-order valence-electron chi connectivity index (χ4n) is 2.62. The van der Waals surface area contributed by atoms with Crippen LogP contribution in [0.4, 0.5) is 0 Å². The summed E-state index contributed by atoms with van der Waals surface area (Å²) in [7, 11) is 0. The number of cyclic esters (lactones) is 1. The molecule has 0 saturated carbocycles. The number of esters is 1. The van der Waals surface area contributed by atoms with Gasteiger partial charge in [0.05, 0.1) is 17.6 Å². The van der Waals surface area contributed by atoms with E-state index < -0.39 is 0 Å². The molecule has 1 aliphatic rings. The molecule has 4 rings (SSSR count). The normalized spacial score (nSPS) is 17.8. The van der Waals surface area contributed by atoms with Gasteiger partial charge >= 0.3 is 5.97 Å². The van der Waals surface area contributed by atoms with Gasteiger partial charge < -0.3 is 4.74 Å². The third-order valence-corrected chi connectivity index (χ3v) is 4.88. The van der Waals surface area contributed by atoms with Crippen LogP contribution in [0.1, 0.15) is 6.42 Å². The van der Waals surface area contributed by atoms with Gasteiger partial charge in [-0.25, -0.2) is 4.98 Å². The number of imidazole rings is 1. The molecule has 0 aliphatic carbocycles. The minimum absolute atomic E-state index is 0.142. The minimum atomic E-state index is -0.167. The third kappa shape index (κ3) is 2.27. The molecule has 0 bridgehead atoms. The standard InChI is InChI=1S/C17H14N2O2S/c20-16-15(10-11-21-16)22-17-18-13-8-4-5-9-14(13)19(17)12-6-2-1-3-7-12/h1-9,15H,10-11H2/t15-/m0/s1. The molecule has 2 heterocycles. The van der Waals surface area contributed by atoms with E-state index in [1.165, 1.54) is 11.8 Å². The number of para-hydroxylation sites is 3. The molecule has 110 valence electrons. The Kier molecular flexibility index (Phi) is 3.35. The molecule has 22 heavy (non-hydrogen) atoms. The summed E-state index contributed by atoms with van der Waals surface area (Å²) >= 11 is 1.48. The number of thioether (sulfide) groups is 1. The van der Waals surface area contributed by atoms with E-state index in [0.29, 0.717) is 6.61 Å². The second-order valence-electron chi connectivity index (χ2n) is 5.12. The number of rotatable bonds is 3. The van der Waals surface area contributed by atoms with Gasteiger partial charge in [-0.05, 0) is 24.3 Å². The van der Waals surface area contributed by atoms with E-state index in [4.69, 9.17) is 9.72 Å². The smallest absolute Gasteiger partial charge is 0.319 e. The second-order valence-corrected chi connectivity index (χ2v) is 6.29. The van der Waals surface area contributed by atoms with Crippen molar-refractivity contribution in [2.24, 2.45) is 0 Å². The highest BCUT2D eigenvalue weighted by atomic mass is 32.2. The van der Waals surface area contributed by atoms with Crippen LogP contribution in [0.5, 0.6) is 0 Å². The monoisotopic (exact) mass is 310 g/mol. The van der Waals surface area contributed by atoms with Crippen molar-refractivity contribution in [1.29, 1.82) is 0 Å². The van der Waals surface area contributed by atoms with Gasteiger partial charge in [0.1, 0.15) is 5.25 Å². The van der Waals surface area contributed by atoms with Crippen molar-refractivity contribution < 1.29 is 9.53 Å². The number of carbonyl (C=O) groups is 1. The number of ether oxygens (including phenoxy) is 1. The van der Waals surface area contributed by atoms with Crippen molar-refractivity contribution in [3.63, 3.8) is 0 Å². The summed E-state index contributed by atoms with van der Waals surface area (Å²) in [4.78, 5) is 16.5. The first-order valence-corrected chi connectivity index (χ1v) is 8.07. The van der Waals surface area contributed by atoms with Crippen molar-refractivity contribution in [3.8, 4) is 5.69 Å². The molecule has 0 N–H and O–H groups in total. The van der Waals surface area contributed by atoms with E-state index in [2.05, 4.69) is 4.57 Å². The van der Waals surface area contributed by atoms with Gasteiger partial charge in [-0.2, -0.15) is 0 Å². The van der Waals surface area contributed by atoms with Crippen LogP contribution in [0, 0.1) is 0 Å². The maximum Gasteiger partial charge on any atom is 0.319 e. The van der Waals surface area contributed by atoms with Crippen LogP contribution in [-0.2, 0) is 9.53 Å². The van der Waals surface area contributed by atoms with Crippen LogP contribution < -0.4 is 0 Å². The van der Waals surface area contributed by atoms with E-state index in [0.717, 1.165) is 28.3 Å². The van der Waals surface area contributed by atoms with Crippen molar-refractivity contribution in [3.05, 3.63) is 54.6 Å². The zero-order valence-corrected chi connectivity index (χ0v) is 12.6. The molecule has 0 spiro atoms. The number of fused-ring (bicyclic) bond motifs is 1. The highest BCUT2D eigenvalue weighted by Gasteiger charge is 2.29. The maximum atomic E-state index is 11.8. The maximum absolute atomic E-state index is 11.8. The van der Waals surface area contributed by atoms with Gasteiger partial charge in [0.15, 0.2) is 5.16 Å². The Hall–Kier alpha value is -2.27. The largest absolute Gasteiger partial charge is 0.465 e. The van der Waals surface area contributed by atoms with Crippen molar-refractivity contribution in [2.45, 2.75) is 16.8 Å². The average molecular weight is 310 g/mol. The molecule has 2 aromatic carbocycles. The molecular weight excluding hydrogens is 296 g/mol. The minimum Gasteiger partial charge on any atom is -0.465 e. The van der Waals surface area contributed by atoms with E-state index in [-0.39, 0.29) is 11.2 Å². The van der Waals surface area contributed by atoms with Crippen LogP contribution in [0.2, 0.25) is 0 Å². The van der Waals surface area contributed by atoms with Crippen LogP contribution >= 0.6 is 11.8 Å². The average Bonchev–Trinajstić information content (AvgIpc) is 3.12. The lowest BCUT2D eigenvalue weighted by atomic mass is 10.3. The SMILES string of the molecule is O=C1OCC[C@@H]1Sc1nc2ccccc2n1-c1ccccc1. The van der Waals surface area contributed by atoms with Gasteiger partial charge in [-0.3, -0.25) is 9.36 Å². The first kappa shape index (κ1) is 13.4. The topological polar surface area (TPSA) is 44.1 Å². The van der Waals surface area contributed by atoms with Crippen molar-refractivity contribution in [1.82, 2.24) is 9.55 Å². The Bertz CT molecular complexity index is 829. The summed E-state index contributed by atoms with van der Waals surface area (Å²) in [6.07, 6.45) is 0.738. The van der Waals surface area contributed by atoms with Gasteiger partial charge in [-0.15, -0.1) is 0 Å². The van der Waals surface area contributed by atoms with Crippen molar-refractivity contribution >= 4 is 28.8 Å². The number of hydrogen-bond donors (Lipinski definition) is 0. The van der Waals surface area contributed by atoms with Crippen molar-refractivity contribution in [2.75, 3.05) is 6.61 Å². The molecule has 1 aromatic heterocycles. The fourth-order valence-corrected chi connectivity index (χ4v) is 3.71. The predicted octanol–water partition coefficient (Wildman–Crippen LogP) is 3.43. The third-order valence-electron chi connectivity index (χ3n) is 3.68. The highest BCUT2D eigenvalue weighted by molar-refractivity contribution is 8.00. The highest BCUT2D eigenvalue weighted by Crippen LogP contribution is 2.33. The number of carbonyl (C=O) groups excluding carboxylic acids is 1. The number of nitrogens with zero attached hydrogens (tertiary/aromatic N) is 2. The molecule has 0 amide bonds. The quantitative estimate of drug-likeness (QED) is 0.695. The molecule has 4 nitrogen and oxygen atoms in total. The lowest BCUT2D eigenvalue weighted by molar-refractivity contribution is -0.137. The lowest BCUT2D eigenvalue weighted by Crippen LogP contribution is -2.11. The summed E-state index contributed by atoms with van der Waals surface area (Å²) in [5, 5.41) is 0.663. The Balaban J connectivity index is 1.85. The lowest BCUT2D eigenvalue weighted by Gasteiger charge is -2.10. The molecule has 1 saturated heterocycles. The van der Waals surface area contributed by atoms with E-state index in [1.54, 1.807) is 0 Å². The van der Waals surface area contributed by atoms with Crippen LogP contribution in [0.25, 0.3) is 16.7 Å². The van der Waals surface area contributed by atoms with Gasteiger partial charge in [0, 0.05) is 12.1 Å². The molecular formula is C17H14N2O2S. The van der Waals surface area contributed by atoms with Gasteiger partial charge in [-0.1, -0.05) is 42.1 Å². The molecule has 0 unspecified atom stereocenters. The first-order chi connectivity index (χ1) is 10.8. The van der Waals surface area contributed by atoms with Crippen LogP contribution in [0.3, 0.4) is 0 Å². The molecule has 1 fully saturated rings.